The molecule has 4 heteroatoms. The van der Waals surface area contributed by atoms with Gasteiger partial charge in [0.1, 0.15) is 11.5 Å². The van der Waals surface area contributed by atoms with Gasteiger partial charge in [0.25, 0.3) is 0 Å². The largest absolute Gasteiger partial charge is 0.361 e. The van der Waals surface area contributed by atoms with E-state index >= 15 is 0 Å². The number of benzene rings is 1. The van der Waals surface area contributed by atoms with Crippen LogP contribution in [0, 0.1) is 6.92 Å². The van der Waals surface area contributed by atoms with E-state index in [1.165, 1.54) is 24.0 Å². The molecule has 120 valence electrons. The third kappa shape index (κ3) is 2.78. The van der Waals surface area contributed by atoms with Crippen LogP contribution in [0.5, 0.6) is 0 Å². The fraction of sp³-hybridized carbons (Fsp3) is 0.474. The van der Waals surface area contributed by atoms with Crippen LogP contribution in [0.2, 0.25) is 0 Å². The van der Waals surface area contributed by atoms with Crippen LogP contribution in [0.4, 0.5) is 0 Å². The molecule has 1 aromatic carbocycles. The van der Waals surface area contributed by atoms with E-state index in [1.54, 1.807) is 0 Å². The molecule has 2 heterocycles. The smallest absolute Gasteiger partial charge is 0.227 e. The number of amides is 1. The van der Waals surface area contributed by atoms with E-state index in [0.29, 0.717) is 6.42 Å². The van der Waals surface area contributed by atoms with E-state index in [-0.39, 0.29) is 11.9 Å². The van der Waals surface area contributed by atoms with Crippen LogP contribution in [-0.2, 0) is 24.1 Å². The number of hydrogen-bond donors (Lipinski definition) is 0. The minimum absolute atomic E-state index is 0.0781. The zero-order chi connectivity index (χ0) is 15.8. The second kappa shape index (κ2) is 5.84. The van der Waals surface area contributed by atoms with Crippen LogP contribution >= 0.6 is 0 Å². The quantitative estimate of drug-likeness (QED) is 0.873. The maximum Gasteiger partial charge on any atom is 0.227 e. The molecule has 0 bridgehead atoms. The van der Waals surface area contributed by atoms with Crippen molar-refractivity contribution >= 4 is 5.91 Å². The first-order valence-electron chi connectivity index (χ1n) is 8.54. The molecule has 1 fully saturated rings. The topological polar surface area (TPSA) is 46.3 Å². The Labute approximate surface area is 136 Å². The highest BCUT2D eigenvalue weighted by Gasteiger charge is 2.32. The predicted octanol–water partition coefficient (Wildman–Crippen LogP) is 3.38. The van der Waals surface area contributed by atoms with E-state index < -0.39 is 0 Å². The summed E-state index contributed by atoms with van der Waals surface area (Å²) in [6.45, 7) is 2.71. The van der Waals surface area contributed by atoms with Gasteiger partial charge in [0, 0.05) is 12.6 Å². The number of rotatable bonds is 3. The molecule has 1 saturated heterocycles. The fourth-order valence-electron chi connectivity index (χ4n) is 3.93. The summed E-state index contributed by atoms with van der Waals surface area (Å²) in [5, 5.41) is 4.12. The van der Waals surface area contributed by atoms with E-state index in [4.69, 9.17) is 4.52 Å². The van der Waals surface area contributed by atoms with Gasteiger partial charge in [-0.05, 0) is 55.7 Å². The molecule has 2 aromatic rings. The summed E-state index contributed by atoms with van der Waals surface area (Å²) >= 11 is 0. The highest BCUT2D eigenvalue weighted by molar-refractivity contribution is 5.79. The average Bonchev–Trinajstić information content (AvgIpc) is 3.26. The fourth-order valence-corrected chi connectivity index (χ4v) is 3.93. The van der Waals surface area contributed by atoms with E-state index in [1.807, 2.05) is 17.9 Å². The second-order valence-corrected chi connectivity index (χ2v) is 6.74. The van der Waals surface area contributed by atoms with Gasteiger partial charge >= 0.3 is 0 Å². The zero-order valence-corrected chi connectivity index (χ0v) is 13.5. The zero-order valence-electron chi connectivity index (χ0n) is 13.5. The number of nitrogens with zero attached hydrogens (tertiary/aromatic N) is 2. The van der Waals surface area contributed by atoms with Gasteiger partial charge in [-0.3, -0.25) is 4.79 Å². The van der Waals surface area contributed by atoms with Crippen molar-refractivity contribution < 1.29 is 9.32 Å². The van der Waals surface area contributed by atoms with Gasteiger partial charge in [0.15, 0.2) is 0 Å². The summed E-state index contributed by atoms with van der Waals surface area (Å²) in [7, 11) is 0. The lowest BCUT2D eigenvalue weighted by Gasteiger charge is -2.23. The maximum atomic E-state index is 12.8. The Kier molecular flexibility index (Phi) is 3.68. The molecule has 2 aliphatic rings. The molecule has 1 aliphatic carbocycles. The molecule has 1 unspecified atom stereocenters. The molecule has 1 aliphatic heterocycles. The number of fused-ring (bicyclic) bond motifs is 1. The van der Waals surface area contributed by atoms with Gasteiger partial charge in [-0.2, -0.15) is 0 Å². The van der Waals surface area contributed by atoms with E-state index in [2.05, 4.69) is 23.4 Å². The second-order valence-electron chi connectivity index (χ2n) is 6.74. The lowest BCUT2D eigenvalue weighted by atomic mass is 10.0. The highest BCUT2D eigenvalue weighted by Crippen LogP contribution is 2.32. The Bertz CT molecular complexity index is 735. The number of aryl methyl sites for hydroxylation is 3. The number of carbonyl (C=O) groups is 1. The van der Waals surface area contributed by atoms with E-state index in [0.717, 1.165) is 42.8 Å². The Morgan fingerprint density at radius 2 is 2.13 bits per heavy atom. The van der Waals surface area contributed by atoms with Crippen molar-refractivity contribution in [3.8, 4) is 0 Å². The number of carbonyl (C=O) groups excluding carboxylic acids is 1. The Morgan fingerprint density at radius 1 is 1.26 bits per heavy atom. The molecule has 1 aromatic heterocycles. The van der Waals surface area contributed by atoms with Crippen molar-refractivity contribution in [1.82, 2.24) is 10.1 Å². The summed E-state index contributed by atoms with van der Waals surface area (Å²) in [5.74, 6) is 1.00. The van der Waals surface area contributed by atoms with Gasteiger partial charge in [0.2, 0.25) is 5.91 Å². The monoisotopic (exact) mass is 310 g/mol. The Hall–Kier alpha value is -2.10. The molecular formula is C19H22N2O2. The Balaban J connectivity index is 1.50. The standard InChI is InChI=1S/C19H22N2O2/c1-13-10-17(20-23-13)18-6-3-9-21(18)19(22)12-14-7-8-15-4-2-5-16(15)11-14/h7-8,10-11,18H,2-6,9,12H2,1H3. The molecule has 0 saturated carbocycles. The van der Waals surface area contributed by atoms with Gasteiger partial charge < -0.3 is 9.42 Å². The third-order valence-electron chi connectivity index (χ3n) is 5.08. The number of likely N-dealkylation sites (tertiary alicyclic amines) is 1. The summed E-state index contributed by atoms with van der Waals surface area (Å²) in [6.07, 6.45) is 6.08. The predicted molar refractivity (Wildman–Crippen MR) is 87.1 cm³/mol. The number of aromatic nitrogens is 1. The molecule has 4 nitrogen and oxygen atoms in total. The minimum atomic E-state index is 0.0781. The molecule has 1 atom stereocenters. The van der Waals surface area contributed by atoms with Crippen molar-refractivity contribution in [2.24, 2.45) is 0 Å². The van der Waals surface area contributed by atoms with Crippen LogP contribution in [-0.4, -0.2) is 22.5 Å². The molecule has 0 N–H and O–H groups in total. The molecule has 0 radical (unpaired) electrons. The molecule has 1 amide bonds. The SMILES string of the molecule is Cc1cc(C2CCCN2C(=O)Cc2ccc3c(c2)CCC3)no1. The summed E-state index contributed by atoms with van der Waals surface area (Å²) < 4.78 is 5.19. The van der Waals surface area contributed by atoms with Crippen molar-refractivity contribution in [3.63, 3.8) is 0 Å². The van der Waals surface area contributed by atoms with Crippen LogP contribution in [0.25, 0.3) is 0 Å². The highest BCUT2D eigenvalue weighted by atomic mass is 16.5. The first-order chi connectivity index (χ1) is 11.2. The summed E-state index contributed by atoms with van der Waals surface area (Å²) in [6, 6.07) is 8.58. The van der Waals surface area contributed by atoms with Crippen molar-refractivity contribution in [3.05, 3.63) is 52.4 Å². The van der Waals surface area contributed by atoms with Crippen molar-refractivity contribution in [2.75, 3.05) is 6.54 Å². The average molecular weight is 310 g/mol. The number of hydrogen-bond acceptors (Lipinski definition) is 3. The third-order valence-corrected chi connectivity index (χ3v) is 5.08. The lowest BCUT2D eigenvalue weighted by Crippen LogP contribution is -2.32. The maximum absolute atomic E-state index is 12.8. The van der Waals surface area contributed by atoms with Crippen LogP contribution in [0.3, 0.4) is 0 Å². The first-order valence-corrected chi connectivity index (χ1v) is 8.54. The van der Waals surface area contributed by atoms with Crippen molar-refractivity contribution in [1.29, 1.82) is 0 Å². The normalized spacial score (nSPS) is 20.0. The van der Waals surface area contributed by atoms with Crippen LogP contribution in [0.1, 0.15) is 53.4 Å². The van der Waals surface area contributed by atoms with Crippen LogP contribution in [0.15, 0.2) is 28.8 Å². The van der Waals surface area contributed by atoms with E-state index in [9.17, 15) is 4.79 Å². The summed E-state index contributed by atoms with van der Waals surface area (Å²) in [4.78, 5) is 14.7. The minimum Gasteiger partial charge on any atom is -0.361 e. The van der Waals surface area contributed by atoms with Gasteiger partial charge in [-0.1, -0.05) is 23.4 Å². The van der Waals surface area contributed by atoms with Crippen molar-refractivity contribution in [2.45, 2.75) is 51.5 Å². The van der Waals surface area contributed by atoms with Gasteiger partial charge in [-0.25, -0.2) is 0 Å². The van der Waals surface area contributed by atoms with Gasteiger partial charge in [-0.15, -0.1) is 0 Å². The molecule has 4 rings (SSSR count). The summed E-state index contributed by atoms with van der Waals surface area (Å²) in [5.41, 5.74) is 4.92. The molecular weight excluding hydrogens is 288 g/mol. The lowest BCUT2D eigenvalue weighted by molar-refractivity contribution is -0.131. The van der Waals surface area contributed by atoms with Crippen LogP contribution < -0.4 is 0 Å². The molecule has 0 spiro atoms. The molecule has 23 heavy (non-hydrogen) atoms. The van der Waals surface area contributed by atoms with Gasteiger partial charge in [0.05, 0.1) is 12.5 Å². The Morgan fingerprint density at radius 3 is 2.96 bits per heavy atom. The first kappa shape index (κ1) is 14.5.